The molecule has 10 heteroatoms. The van der Waals surface area contributed by atoms with E-state index >= 15 is 0 Å². The minimum absolute atomic E-state index is 0.0464. The van der Waals surface area contributed by atoms with E-state index in [-0.39, 0.29) is 16.8 Å². The van der Waals surface area contributed by atoms with Crippen molar-refractivity contribution >= 4 is 9.84 Å². The van der Waals surface area contributed by atoms with E-state index in [4.69, 9.17) is 9.72 Å². The van der Waals surface area contributed by atoms with Gasteiger partial charge in [-0.2, -0.15) is 5.10 Å². The molecule has 35 heavy (non-hydrogen) atoms. The fourth-order valence-corrected chi connectivity index (χ4v) is 6.75. The van der Waals surface area contributed by atoms with Crippen LogP contribution in [0, 0.1) is 0 Å². The average molecular weight is 499 g/mol. The van der Waals surface area contributed by atoms with Gasteiger partial charge in [-0.1, -0.05) is 0 Å². The van der Waals surface area contributed by atoms with Crippen LogP contribution in [0.5, 0.6) is 5.75 Å². The monoisotopic (exact) mass is 498 g/mol. The van der Waals surface area contributed by atoms with Crippen molar-refractivity contribution in [2.24, 2.45) is 0 Å². The van der Waals surface area contributed by atoms with Crippen molar-refractivity contribution in [2.45, 2.75) is 75.7 Å². The molecule has 3 aromatic rings. The second kappa shape index (κ2) is 8.74. The molecule has 2 aliphatic heterocycles. The molecular formula is C25H34N6O3S. The maximum Gasteiger partial charge on any atom is 0.181 e. The van der Waals surface area contributed by atoms with Crippen molar-refractivity contribution in [1.29, 1.82) is 0 Å². The molecule has 0 N–H and O–H groups in total. The summed E-state index contributed by atoms with van der Waals surface area (Å²) in [6, 6.07) is 5.33. The smallest absolute Gasteiger partial charge is 0.181 e. The molecule has 4 heterocycles. The third-order valence-corrected chi connectivity index (χ3v) is 9.27. The Morgan fingerprint density at radius 2 is 1.83 bits per heavy atom. The Morgan fingerprint density at radius 1 is 1.09 bits per heavy atom. The van der Waals surface area contributed by atoms with Crippen LogP contribution in [0.15, 0.2) is 35.6 Å². The van der Waals surface area contributed by atoms with E-state index in [1.807, 2.05) is 29.3 Å². The van der Waals surface area contributed by atoms with Crippen LogP contribution in [0.3, 0.4) is 0 Å². The van der Waals surface area contributed by atoms with E-state index in [1.165, 1.54) is 6.33 Å². The number of hydrogen-bond donors (Lipinski definition) is 0. The van der Waals surface area contributed by atoms with Crippen molar-refractivity contribution < 1.29 is 13.2 Å². The van der Waals surface area contributed by atoms with Crippen LogP contribution in [0.1, 0.15) is 53.5 Å². The summed E-state index contributed by atoms with van der Waals surface area (Å²) < 4.78 is 37.1. The molecule has 9 nitrogen and oxygen atoms in total. The van der Waals surface area contributed by atoms with E-state index < -0.39 is 9.84 Å². The molecule has 1 saturated heterocycles. The minimum atomic E-state index is -3.48. The largest absolute Gasteiger partial charge is 0.491 e. The Kier molecular flexibility index (Phi) is 5.99. The predicted octanol–water partition coefficient (Wildman–Crippen LogP) is 3.82. The molecule has 1 fully saturated rings. The molecule has 0 radical (unpaired) electrons. The number of hydrogen-bond acceptors (Lipinski definition) is 7. The number of likely N-dealkylation sites (tertiary alicyclic amines) is 1. The van der Waals surface area contributed by atoms with Crippen molar-refractivity contribution in [2.75, 3.05) is 19.7 Å². The lowest BCUT2D eigenvalue weighted by Crippen LogP contribution is -2.48. The lowest BCUT2D eigenvalue weighted by molar-refractivity contribution is 0.112. The zero-order valence-electron chi connectivity index (χ0n) is 21.1. The second-order valence-electron chi connectivity index (χ2n) is 10.7. The van der Waals surface area contributed by atoms with Crippen molar-refractivity contribution in [1.82, 2.24) is 29.2 Å². The van der Waals surface area contributed by atoms with Gasteiger partial charge in [-0.3, -0.25) is 4.90 Å². The second-order valence-corrected chi connectivity index (χ2v) is 12.9. The first kappa shape index (κ1) is 24.0. The van der Waals surface area contributed by atoms with E-state index in [0.717, 1.165) is 13.1 Å². The van der Waals surface area contributed by atoms with Gasteiger partial charge >= 0.3 is 0 Å². The number of imidazole rings is 1. The van der Waals surface area contributed by atoms with Gasteiger partial charge in [0.2, 0.25) is 0 Å². The molecule has 5 rings (SSSR count). The van der Waals surface area contributed by atoms with Gasteiger partial charge in [0.05, 0.1) is 22.3 Å². The molecular weight excluding hydrogens is 464 g/mol. The van der Waals surface area contributed by atoms with Gasteiger partial charge in [0.1, 0.15) is 30.2 Å². The van der Waals surface area contributed by atoms with Gasteiger partial charge in [-0.25, -0.2) is 23.1 Å². The summed E-state index contributed by atoms with van der Waals surface area (Å²) in [5.74, 6) is 2.02. The molecule has 0 bridgehead atoms. The SMILES string of the molecule is CC(C)n1ncnc1-c1cn2c(n1)-c1cc(S(=O)(=O)C3CCN(C(C)(C)C)CC3)ccc1OCC2. The highest BCUT2D eigenvalue weighted by Crippen LogP contribution is 2.37. The van der Waals surface area contributed by atoms with Crippen LogP contribution in [0.2, 0.25) is 0 Å². The number of nitrogens with zero attached hydrogens (tertiary/aromatic N) is 6. The van der Waals surface area contributed by atoms with Gasteiger partial charge in [-0.15, -0.1) is 0 Å². The number of sulfone groups is 1. The first-order valence-electron chi connectivity index (χ1n) is 12.3. The Bertz CT molecular complexity index is 1330. The molecule has 1 aromatic carbocycles. The van der Waals surface area contributed by atoms with Crippen LogP contribution in [0.25, 0.3) is 22.9 Å². The molecule has 0 spiro atoms. The topological polar surface area (TPSA) is 95.1 Å². The summed E-state index contributed by atoms with van der Waals surface area (Å²) >= 11 is 0. The molecule has 0 saturated carbocycles. The number of ether oxygens (including phenoxy) is 1. The lowest BCUT2D eigenvalue weighted by Gasteiger charge is -2.40. The summed E-state index contributed by atoms with van der Waals surface area (Å²) in [5, 5.41) is 3.94. The third-order valence-electron chi connectivity index (χ3n) is 7.01. The lowest BCUT2D eigenvalue weighted by atomic mass is 10.0. The summed E-state index contributed by atoms with van der Waals surface area (Å²) in [4.78, 5) is 12.0. The third kappa shape index (κ3) is 4.38. The number of benzene rings is 1. The molecule has 0 aliphatic carbocycles. The van der Waals surface area contributed by atoms with Crippen LogP contribution < -0.4 is 4.74 Å². The Morgan fingerprint density at radius 3 is 2.51 bits per heavy atom. The fraction of sp³-hybridized carbons (Fsp3) is 0.560. The Labute approximate surface area is 207 Å². The maximum absolute atomic E-state index is 13.6. The normalized spacial score (nSPS) is 17.7. The summed E-state index contributed by atoms with van der Waals surface area (Å²) in [7, 11) is -3.48. The average Bonchev–Trinajstić information content (AvgIpc) is 3.43. The highest BCUT2D eigenvalue weighted by Gasteiger charge is 2.35. The minimum Gasteiger partial charge on any atom is -0.491 e. The van der Waals surface area contributed by atoms with E-state index in [1.54, 1.807) is 18.2 Å². The van der Waals surface area contributed by atoms with E-state index in [9.17, 15) is 8.42 Å². The van der Waals surface area contributed by atoms with Crippen LogP contribution in [0.4, 0.5) is 0 Å². The molecule has 2 aromatic heterocycles. The van der Waals surface area contributed by atoms with Gasteiger partial charge in [-0.05, 0) is 78.7 Å². The fourth-order valence-electron chi connectivity index (χ4n) is 4.99. The number of fused-ring (bicyclic) bond motifs is 3. The molecule has 0 atom stereocenters. The Balaban J connectivity index is 1.49. The zero-order valence-corrected chi connectivity index (χ0v) is 21.9. The van der Waals surface area contributed by atoms with Crippen molar-refractivity contribution in [3.05, 3.63) is 30.7 Å². The summed E-state index contributed by atoms with van der Waals surface area (Å²) in [6.07, 6.45) is 4.75. The van der Waals surface area contributed by atoms with Gasteiger partial charge in [0.15, 0.2) is 15.7 Å². The molecule has 0 amide bonds. The quantitative estimate of drug-likeness (QED) is 0.540. The zero-order chi connectivity index (χ0) is 25.0. The van der Waals surface area contributed by atoms with E-state index in [2.05, 4.69) is 35.8 Å². The van der Waals surface area contributed by atoms with Crippen LogP contribution in [-0.2, 0) is 16.4 Å². The van der Waals surface area contributed by atoms with Gasteiger partial charge in [0, 0.05) is 17.8 Å². The number of rotatable bonds is 4. The molecule has 188 valence electrons. The van der Waals surface area contributed by atoms with E-state index in [0.29, 0.717) is 59.5 Å². The van der Waals surface area contributed by atoms with Crippen molar-refractivity contribution in [3.8, 4) is 28.7 Å². The van der Waals surface area contributed by atoms with Gasteiger partial charge < -0.3 is 9.30 Å². The highest BCUT2D eigenvalue weighted by molar-refractivity contribution is 7.92. The maximum atomic E-state index is 13.6. The van der Waals surface area contributed by atoms with Gasteiger partial charge in [0.25, 0.3) is 0 Å². The predicted molar refractivity (Wildman–Crippen MR) is 134 cm³/mol. The molecule has 0 unspecified atom stereocenters. The number of aromatic nitrogens is 5. The highest BCUT2D eigenvalue weighted by atomic mass is 32.2. The van der Waals surface area contributed by atoms with Crippen molar-refractivity contribution in [3.63, 3.8) is 0 Å². The summed E-state index contributed by atoms with van der Waals surface area (Å²) in [5.41, 5.74) is 1.45. The summed E-state index contributed by atoms with van der Waals surface area (Å²) in [6.45, 7) is 13.3. The molecule has 2 aliphatic rings. The van der Waals surface area contributed by atoms with Crippen LogP contribution >= 0.6 is 0 Å². The first-order chi connectivity index (χ1) is 16.6. The first-order valence-corrected chi connectivity index (χ1v) is 13.8. The Hall–Kier alpha value is -2.72. The number of piperidine rings is 1. The standard InChI is InChI=1S/C25H34N6O3S/c1-17(2)31-24(26-16-27-31)21-15-29-12-13-34-22-7-6-19(14-20(22)23(29)28-21)35(32,33)18-8-10-30(11-9-18)25(3,4)5/h6-7,14-18H,8-13H2,1-5H3. The van der Waals surface area contributed by atoms with Crippen LogP contribution in [-0.4, -0.2) is 68.1 Å².